The molecule has 2 atom stereocenters. The molecule has 2 aromatic rings. The van der Waals surface area contributed by atoms with E-state index in [0.717, 1.165) is 0 Å². The predicted octanol–water partition coefficient (Wildman–Crippen LogP) is 1.61. The maximum Gasteiger partial charge on any atom is 0.209 e. The van der Waals surface area contributed by atoms with Crippen LogP contribution in [0.1, 0.15) is 46.2 Å². The van der Waals surface area contributed by atoms with E-state index in [1.165, 1.54) is 0 Å². The van der Waals surface area contributed by atoms with Crippen LogP contribution in [0.15, 0.2) is 21.8 Å². The van der Waals surface area contributed by atoms with Gasteiger partial charge in [-0.2, -0.15) is 5.26 Å². The fraction of sp³-hybridized carbons (Fsp3) is 0.529. The first-order valence-corrected chi connectivity index (χ1v) is 8.25. The summed E-state index contributed by atoms with van der Waals surface area (Å²) in [4.78, 5) is 3.81. The Morgan fingerprint density at radius 3 is 2.58 bits per heavy atom. The van der Waals surface area contributed by atoms with Crippen LogP contribution in [0, 0.1) is 11.5 Å². The highest BCUT2D eigenvalue weighted by atomic mass is 16.6. The van der Waals surface area contributed by atoms with Crippen molar-refractivity contribution in [1.29, 1.82) is 5.26 Å². The number of hydrogen-bond donors (Lipinski definition) is 3. The van der Waals surface area contributed by atoms with Crippen molar-refractivity contribution < 1.29 is 14.5 Å². The molecule has 1 aliphatic rings. The second-order valence-corrected chi connectivity index (χ2v) is 7.85. The van der Waals surface area contributed by atoms with E-state index < -0.39 is 17.7 Å². The summed E-state index contributed by atoms with van der Waals surface area (Å²) in [6, 6.07) is 2.90. The van der Waals surface area contributed by atoms with Gasteiger partial charge in [0.25, 0.3) is 0 Å². The van der Waals surface area contributed by atoms with Crippen molar-refractivity contribution in [2.75, 3.05) is 0 Å². The minimum absolute atomic E-state index is 0.270. The molecule has 0 radical (unpaired) electrons. The molecule has 0 amide bonds. The molecular weight excluding hydrogens is 336 g/mol. The number of nitrogens with zero attached hydrogens (tertiary/aromatic N) is 4. The highest BCUT2D eigenvalue weighted by molar-refractivity contribution is 5.83. The van der Waals surface area contributed by atoms with Crippen molar-refractivity contribution in [3.05, 3.63) is 17.7 Å². The maximum absolute atomic E-state index is 10.9. The molecule has 3 rings (SSSR count). The molecule has 0 saturated heterocycles. The van der Waals surface area contributed by atoms with Gasteiger partial charge in [-0.3, -0.25) is 0 Å². The molecule has 1 aromatic heterocycles. The molecule has 0 saturated carbocycles. The third-order valence-electron chi connectivity index (χ3n) is 4.07. The van der Waals surface area contributed by atoms with Crippen molar-refractivity contribution in [1.82, 2.24) is 20.9 Å². The van der Waals surface area contributed by atoms with Gasteiger partial charge in [-0.05, 0) is 51.0 Å². The first-order valence-electron chi connectivity index (χ1n) is 8.25. The van der Waals surface area contributed by atoms with Crippen molar-refractivity contribution in [3.63, 3.8) is 0 Å². The zero-order valence-corrected chi connectivity index (χ0v) is 15.4. The zero-order chi connectivity index (χ0) is 19.1. The Morgan fingerprint density at radius 2 is 1.96 bits per heavy atom. The Bertz CT molecular complexity index is 890. The fourth-order valence-corrected chi connectivity index (χ4v) is 2.88. The number of hydrogen-bond acceptors (Lipinski definition) is 7. The number of nitriles is 1. The summed E-state index contributed by atoms with van der Waals surface area (Å²) in [5.41, 5.74) is 0.606. The summed E-state index contributed by atoms with van der Waals surface area (Å²) < 4.78 is 10.7. The normalized spacial score (nSPS) is 22.3. The summed E-state index contributed by atoms with van der Waals surface area (Å²) in [5, 5.41) is 33.8. The number of aliphatic hydroxyl groups excluding tert-OH is 1. The van der Waals surface area contributed by atoms with Crippen LogP contribution in [0.3, 0.4) is 0 Å². The van der Waals surface area contributed by atoms with Gasteiger partial charge in [0, 0.05) is 17.2 Å². The highest BCUT2D eigenvalue weighted by Gasteiger charge is 2.44. The molecule has 9 nitrogen and oxygen atoms in total. The van der Waals surface area contributed by atoms with Gasteiger partial charge in [-0.1, -0.05) is 0 Å². The molecule has 9 heteroatoms. The summed E-state index contributed by atoms with van der Waals surface area (Å²) in [6.07, 6.45) is 0.873. The summed E-state index contributed by atoms with van der Waals surface area (Å²) in [5.74, 6) is 0.833. The number of aromatic nitrogens is 2. The SMILES string of the molecule is CC(C)(C)NC(=NC#N)NC1c2cc3nonc3cc2OC(C)(C)C1O. The topological polar surface area (TPSA) is 129 Å². The highest BCUT2D eigenvalue weighted by Crippen LogP contribution is 2.41. The smallest absolute Gasteiger partial charge is 0.209 e. The summed E-state index contributed by atoms with van der Waals surface area (Å²) in [7, 11) is 0. The fourth-order valence-electron chi connectivity index (χ4n) is 2.88. The van der Waals surface area contributed by atoms with Crippen LogP contribution >= 0.6 is 0 Å². The molecule has 2 unspecified atom stereocenters. The molecule has 3 N–H and O–H groups in total. The van der Waals surface area contributed by atoms with Crippen molar-refractivity contribution in [3.8, 4) is 11.9 Å². The van der Waals surface area contributed by atoms with E-state index in [0.29, 0.717) is 22.3 Å². The van der Waals surface area contributed by atoms with Crippen LogP contribution in [0.4, 0.5) is 0 Å². The van der Waals surface area contributed by atoms with Gasteiger partial charge in [-0.25, -0.2) is 4.63 Å². The Hall–Kier alpha value is -2.86. The average Bonchev–Trinajstić information content (AvgIpc) is 2.95. The molecule has 26 heavy (non-hydrogen) atoms. The minimum Gasteiger partial charge on any atom is -0.485 e. The largest absolute Gasteiger partial charge is 0.485 e. The third kappa shape index (κ3) is 3.41. The Labute approximate surface area is 151 Å². The standard InChI is InChI=1S/C17H22N6O3/c1-16(2,3)21-15(19-8-18)20-13-9-6-10-11(23-26-22-10)7-12(9)25-17(4,5)14(13)24/h6-7,13-14,24H,1-5H3,(H2,19,20,21). The molecule has 0 fully saturated rings. The summed E-state index contributed by atoms with van der Waals surface area (Å²) in [6.45, 7) is 9.43. The van der Waals surface area contributed by atoms with Crippen LogP contribution in [0.2, 0.25) is 0 Å². The van der Waals surface area contributed by atoms with Gasteiger partial charge in [0.2, 0.25) is 12.2 Å². The maximum atomic E-state index is 10.9. The minimum atomic E-state index is -0.905. The lowest BCUT2D eigenvalue weighted by Crippen LogP contribution is -2.56. The van der Waals surface area contributed by atoms with Gasteiger partial charge in [0.15, 0.2) is 0 Å². The number of rotatable bonds is 1. The van der Waals surface area contributed by atoms with Crippen molar-refractivity contribution in [2.24, 2.45) is 4.99 Å². The molecule has 1 aliphatic heterocycles. The number of aliphatic hydroxyl groups is 1. The molecule has 0 bridgehead atoms. The van der Waals surface area contributed by atoms with Gasteiger partial charge >= 0.3 is 0 Å². The van der Waals surface area contributed by atoms with E-state index in [9.17, 15) is 5.11 Å². The number of fused-ring (bicyclic) bond motifs is 2. The number of nitrogens with one attached hydrogen (secondary N) is 2. The van der Waals surface area contributed by atoms with E-state index in [1.54, 1.807) is 32.2 Å². The van der Waals surface area contributed by atoms with Crippen LogP contribution in [-0.4, -0.2) is 38.6 Å². The van der Waals surface area contributed by atoms with E-state index in [2.05, 4.69) is 25.9 Å². The number of guanidine groups is 1. The monoisotopic (exact) mass is 358 g/mol. The molecule has 2 heterocycles. The number of ether oxygens (including phenoxy) is 1. The van der Waals surface area contributed by atoms with Gasteiger partial charge in [-0.15, -0.1) is 4.99 Å². The van der Waals surface area contributed by atoms with E-state index in [4.69, 9.17) is 14.6 Å². The number of aliphatic imine (C=N–C) groups is 1. The Balaban J connectivity index is 2.04. The molecule has 138 valence electrons. The van der Waals surface area contributed by atoms with Crippen LogP contribution in [0.25, 0.3) is 11.0 Å². The van der Waals surface area contributed by atoms with Gasteiger partial charge in [0.1, 0.15) is 28.5 Å². The van der Waals surface area contributed by atoms with E-state index in [1.807, 2.05) is 20.8 Å². The number of benzene rings is 1. The lowest BCUT2D eigenvalue weighted by atomic mass is 9.86. The van der Waals surface area contributed by atoms with Gasteiger partial charge < -0.3 is 20.5 Å². The molecule has 0 aliphatic carbocycles. The van der Waals surface area contributed by atoms with Crippen LogP contribution in [0.5, 0.6) is 5.75 Å². The average molecular weight is 358 g/mol. The van der Waals surface area contributed by atoms with Crippen LogP contribution in [-0.2, 0) is 0 Å². The van der Waals surface area contributed by atoms with Gasteiger partial charge in [0.05, 0.1) is 6.04 Å². The molecule has 1 aromatic carbocycles. The second-order valence-electron chi connectivity index (χ2n) is 7.85. The van der Waals surface area contributed by atoms with Crippen molar-refractivity contribution in [2.45, 2.75) is 57.9 Å². The lowest BCUT2D eigenvalue weighted by molar-refractivity contribution is -0.0611. The third-order valence-corrected chi connectivity index (χ3v) is 4.07. The van der Waals surface area contributed by atoms with E-state index >= 15 is 0 Å². The quantitative estimate of drug-likeness (QED) is 0.398. The van der Waals surface area contributed by atoms with Crippen molar-refractivity contribution >= 4 is 17.0 Å². The lowest BCUT2D eigenvalue weighted by Gasteiger charge is -2.42. The summed E-state index contributed by atoms with van der Waals surface area (Å²) >= 11 is 0. The molecule has 0 spiro atoms. The predicted molar refractivity (Wildman–Crippen MR) is 94.3 cm³/mol. The Morgan fingerprint density at radius 1 is 1.31 bits per heavy atom. The first-order chi connectivity index (χ1) is 12.1. The van der Waals surface area contributed by atoms with Crippen LogP contribution < -0.4 is 15.4 Å². The molecular formula is C17H22N6O3. The zero-order valence-electron chi connectivity index (χ0n) is 15.4. The second kappa shape index (κ2) is 6.14. The van der Waals surface area contributed by atoms with E-state index in [-0.39, 0.29) is 11.5 Å². The Kier molecular flexibility index (Phi) is 4.24. The first kappa shape index (κ1) is 17.9.